The number of amides is 2. The molecule has 0 atom stereocenters. The molecule has 0 radical (unpaired) electrons. The van der Waals surface area contributed by atoms with Gasteiger partial charge in [0.2, 0.25) is 11.7 Å². The number of nitrogens with one attached hydrogen (secondary N) is 2. The summed E-state index contributed by atoms with van der Waals surface area (Å²) < 4.78 is 58.4. The second-order valence-electron chi connectivity index (χ2n) is 9.89. The minimum Gasteiger partial charge on any atom is -0.490 e. The van der Waals surface area contributed by atoms with E-state index in [4.69, 9.17) is 25.8 Å². The zero-order valence-electron chi connectivity index (χ0n) is 26.0. The van der Waals surface area contributed by atoms with Crippen molar-refractivity contribution in [1.29, 1.82) is 0 Å². The highest BCUT2D eigenvalue weighted by molar-refractivity contribution is 7.99. The Bertz CT molecular complexity index is 1710. The van der Waals surface area contributed by atoms with Gasteiger partial charge in [0.1, 0.15) is 0 Å². The lowest BCUT2D eigenvalue weighted by Crippen LogP contribution is -2.25. The minimum atomic E-state index is -4.60. The lowest BCUT2D eigenvalue weighted by Gasteiger charge is -2.17. The molecule has 4 aromatic rings. The molecule has 3 aromatic carbocycles. The number of anilines is 1. The molecule has 0 saturated heterocycles. The number of carbonyl (C=O) groups is 2. The van der Waals surface area contributed by atoms with Crippen molar-refractivity contribution in [1.82, 2.24) is 20.1 Å². The van der Waals surface area contributed by atoms with Crippen molar-refractivity contribution < 1.29 is 37.0 Å². The summed E-state index contributed by atoms with van der Waals surface area (Å²) in [5.41, 5.74) is 0.803. The van der Waals surface area contributed by atoms with Crippen LogP contribution < -0.4 is 24.8 Å². The SMILES string of the molecule is CCOc1cc(C(=O)NCc2nnc(SCC(=O)Nc3cc(C(F)(F)F)ccc3Cl)n2-c2cccc(C)c2)cc(OCC)c1OCC. The molecule has 0 spiro atoms. The summed E-state index contributed by atoms with van der Waals surface area (Å²) in [6.45, 7) is 8.42. The lowest BCUT2D eigenvalue weighted by molar-refractivity contribution is -0.137. The average molecular weight is 692 g/mol. The van der Waals surface area contributed by atoms with Crippen LogP contribution in [0.2, 0.25) is 5.02 Å². The molecule has 0 aliphatic rings. The van der Waals surface area contributed by atoms with E-state index in [1.807, 2.05) is 52.0 Å². The zero-order chi connectivity index (χ0) is 34.1. The van der Waals surface area contributed by atoms with E-state index in [-0.39, 0.29) is 28.6 Å². The number of halogens is 4. The Balaban J connectivity index is 1.55. The molecule has 0 fully saturated rings. The summed E-state index contributed by atoms with van der Waals surface area (Å²) in [6, 6.07) is 13.3. The van der Waals surface area contributed by atoms with Crippen molar-refractivity contribution in [2.45, 2.75) is 45.6 Å². The van der Waals surface area contributed by atoms with E-state index in [0.717, 1.165) is 35.5 Å². The van der Waals surface area contributed by atoms with Crippen LogP contribution in [-0.4, -0.2) is 52.2 Å². The van der Waals surface area contributed by atoms with Gasteiger partial charge >= 0.3 is 6.18 Å². The molecule has 0 saturated carbocycles. The average Bonchev–Trinajstić information content (AvgIpc) is 3.43. The van der Waals surface area contributed by atoms with E-state index in [9.17, 15) is 22.8 Å². The molecule has 2 amide bonds. The topological polar surface area (TPSA) is 117 Å². The first-order valence-corrected chi connectivity index (χ1v) is 16.0. The van der Waals surface area contributed by atoms with Gasteiger partial charge in [-0.3, -0.25) is 14.2 Å². The fourth-order valence-electron chi connectivity index (χ4n) is 4.43. The third kappa shape index (κ3) is 9.10. The first-order chi connectivity index (χ1) is 22.4. The maximum atomic E-state index is 13.4. The predicted molar refractivity (Wildman–Crippen MR) is 173 cm³/mol. The van der Waals surface area contributed by atoms with E-state index < -0.39 is 23.6 Å². The fourth-order valence-corrected chi connectivity index (χ4v) is 5.37. The van der Waals surface area contributed by atoms with Gasteiger partial charge in [-0.25, -0.2) is 0 Å². The van der Waals surface area contributed by atoms with E-state index in [0.29, 0.717) is 53.7 Å². The molecule has 250 valence electrons. The third-order valence-corrected chi connectivity index (χ3v) is 7.70. The van der Waals surface area contributed by atoms with Gasteiger partial charge in [-0.15, -0.1) is 10.2 Å². The van der Waals surface area contributed by atoms with Gasteiger partial charge in [-0.2, -0.15) is 13.2 Å². The van der Waals surface area contributed by atoms with Gasteiger partial charge in [-0.1, -0.05) is 35.5 Å². The maximum Gasteiger partial charge on any atom is 0.416 e. The van der Waals surface area contributed by atoms with Crippen molar-refractivity contribution >= 4 is 40.9 Å². The quantitative estimate of drug-likeness (QED) is 0.135. The minimum absolute atomic E-state index is 0.0342. The van der Waals surface area contributed by atoms with Gasteiger partial charge in [0.05, 0.1) is 48.4 Å². The number of benzene rings is 3. The number of carbonyl (C=O) groups excluding carboxylic acids is 2. The third-order valence-electron chi connectivity index (χ3n) is 6.44. The summed E-state index contributed by atoms with van der Waals surface area (Å²) in [6.07, 6.45) is -4.60. The Morgan fingerprint density at radius 3 is 2.23 bits per heavy atom. The number of nitrogens with zero attached hydrogens (tertiary/aromatic N) is 3. The second kappa shape index (κ2) is 15.9. The van der Waals surface area contributed by atoms with E-state index in [2.05, 4.69) is 20.8 Å². The Morgan fingerprint density at radius 1 is 0.936 bits per heavy atom. The zero-order valence-corrected chi connectivity index (χ0v) is 27.6. The molecule has 2 N–H and O–H groups in total. The maximum absolute atomic E-state index is 13.4. The Morgan fingerprint density at radius 2 is 1.62 bits per heavy atom. The van der Waals surface area contributed by atoms with Crippen LogP contribution in [0, 0.1) is 6.92 Å². The summed E-state index contributed by atoms with van der Waals surface area (Å²) >= 11 is 7.05. The number of rotatable bonds is 14. The number of aromatic nitrogens is 3. The molecule has 0 unspecified atom stereocenters. The van der Waals surface area contributed by atoms with Crippen LogP contribution >= 0.6 is 23.4 Å². The van der Waals surface area contributed by atoms with Gasteiger partial charge in [0.25, 0.3) is 5.91 Å². The normalized spacial score (nSPS) is 11.2. The number of hydrogen-bond donors (Lipinski definition) is 2. The largest absolute Gasteiger partial charge is 0.490 e. The van der Waals surface area contributed by atoms with Crippen molar-refractivity contribution in [2.24, 2.45) is 0 Å². The number of alkyl halides is 3. The van der Waals surface area contributed by atoms with Crippen molar-refractivity contribution in [3.63, 3.8) is 0 Å². The van der Waals surface area contributed by atoms with Crippen LogP contribution in [0.5, 0.6) is 17.2 Å². The summed E-state index contributed by atoms with van der Waals surface area (Å²) in [4.78, 5) is 26.1. The Kier molecular flexibility index (Phi) is 12.0. The van der Waals surface area contributed by atoms with Crippen LogP contribution in [0.25, 0.3) is 5.69 Å². The molecule has 1 heterocycles. The fraction of sp³-hybridized carbons (Fsp3) is 0.312. The van der Waals surface area contributed by atoms with Gasteiger partial charge in [-0.05, 0) is 75.7 Å². The van der Waals surface area contributed by atoms with Gasteiger partial charge in [0, 0.05) is 11.3 Å². The number of thioether (sulfide) groups is 1. The Labute approximate surface area is 278 Å². The monoisotopic (exact) mass is 691 g/mol. The molecule has 0 aliphatic heterocycles. The highest BCUT2D eigenvalue weighted by Crippen LogP contribution is 2.39. The van der Waals surface area contributed by atoms with Crippen LogP contribution in [-0.2, 0) is 17.5 Å². The number of aryl methyl sites for hydroxylation is 1. The van der Waals surface area contributed by atoms with Gasteiger partial charge < -0.3 is 24.8 Å². The standard InChI is InChI=1S/C32H33ClF3N5O5S/c1-5-44-25-14-20(15-26(45-6-2)29(25)46-7-3)30(43)37-17-27-39-40-31(41(27)22-10-8-9-19(4)13-22)47-18-28(42)38-24-16-21(32(34,35)36)11-12-23(24)33/h8-16H,5-7,17-18H2,1-4H3,(H,37,43)(H,38,42). The van der Waals surface area contributed by atoms with E-state index in [1.165, 1.54) is 0 Å². The molecule has 1 aromatic heterocycles. The molecular weight excluding hydrogens is 659 g/mol. The molecule has 47 heavy (non-hydrogen) atoms. The van der Waals surface area contributed by atoms with E-state index >= 15 is 0 Å². The lowest BCUT2D eigenvalue weighted by atomic mass is 10.1. The van der Waals surface area contributed by atoms with Crippen LogP contribution in [0.15, 0.2) is 59.8 Å². The summed E-state index contributed by atoms with van der Waals surface area (Å²) in [7, 11) is 0. The van der Waals surface area contributed by atoms with Crippen LogP contribution in [0.1, 0.15) is 48.1 Å². The second-order valence-corrected chi connectivity index (χ2v) is 11.2. The summed E-state index contributed by atoms with van der Waals surface area (Å²) in [5.74, 6) is 0.279. The first-order valence-electron chi connectivity index (χ1n) is 14.6. The summed E-state index contributed by atoms with van der Waals surface area (Å²) in [5, 5.41) is 14.1. The number of ether oxygens (including phenoxy) is 3. The highest BCUT2D eigenvalue weighted by Gasteiger charge is 2.31. The van der Waals surface area contributed by atoms with E-state index in [1.54, 1.807) is 16.7 Å². The number of hydrogen-bond acceptors (Lipinski definition) is 8. The van der Waals surface area contributed by atoms with Crippen molar-refractivity contribution in [3.8, 4) is 22.9 Å². The molecule has 10 nitrogen and oxygen atoms in total. The Hall–Kier alpha value is -4.43. The highest BCUT2D eigenvalue weighted by atomic mass is 35.5. The van der Waals surface area contributed by atoms with Crippen molar-refractivity contribution in [2.75, 3.05) is 30.9 Å². The molecule has 15 heteroatoms. The molecule has 4 rings (SSSR count). The van der Waals surface area contributed by atoms with Crippen LogP contribution in [0.4, 0.5) is 18.9 Å². The smallest absolute Gasteiger partial charge is 0.416 e. The van der Waals surface area contributed by atoms with Gasteiger partial charge in [0.15, 0.2) is 22.5 Å². The predicted octanol–water partition coefficient (Wildman–Crippen LogP) is 7.10. The van der Waals surface area contributed by atoms with Crippen molar-refractivity contribution in [3.05, 3.63) is 82.1 Å². The van der Waals surface area contributed by atoms with Crippen LogP contribution in [0.3, 0.4) is 0 Å². The molecule has 0 bridgehead atoms. The molecule has 0 aliphatic carbocycles. The molecular formula is C32H33ClF3N5O5S. The first kappa shape index (κ1) is 35.4.